The second-order valence-corrected chi connectivity index (χ2v) is 10.5. The molecule has 0 radical (unpaired) electrons. The van der Waals surface area contributed by atoms with E-state index in [-0.39, 0.29) is 12.2 Å². The normalized spacial score (nSPS) is 18.1. The van der Waals surface area contributed by atoms with Crippen LogP contribution >= 0.6 is 11.3 Å². The predicted octanol–water partition coefficient (Wildman–Crippen LogP) is 4.17. The van der Waals surface area contributed by atoms with E-state index in [9.17, 15) is 9.90 Å². The van der Waals surface area contributed by atoms with E-state index in [1.165, 1.54) is 36.1 Å². The van der Waals surface area contributed by atoms with E-state index in [0.29, 0.717) is 31.6 Å². The number of fused-ring (bicyclic) bond motifs is 3. The Labute approximate surface area is 197 Å². The fourth-order valence-electron chi connectivity index (χ4n) is 5.28. The van der Waals surface area contributed by atoms with Crippen molar-refractivity contribution in [3.8, 4) is 0 Å². The molecule has 8 heteroatoms. The van der Waals surface area contributed by atoms with Crippen LogP contribution in [0.5, 0.6) is 0 Å². The summed E-state index contributed by atoms with van der Waals surface area (Å²) in [7, 11) is 0. The molecule has 0 aromatic carbocycles. The van der Waals surface area contributed by atoms with Crippen LogP contribution in [0.3, 0.4) is 0 Å². The molecule has 2 aliphatic carbocycles. The summed E-state index contributed by atoms with van der Waals surface area (Å²) in [6, 6.07) is 4.08. The van der Waals surface area contributed by atoms with Crippen molar-refractivity contribution in [2.75, 3.05) is 13.2 Å². The number of hydrogen-bond donors (Lipinski definition) is 2. The number of aromatic amines is 1. The SMILES string of the molecule is O=c1[nH]c(CN(C[C@@H](O)COCc2ccco2)C2CCCCC2)nc2sc3c(c12)CCCC3. The minimum atomic E-state index is -0.619. The predicted molar refractivity (Wildman–Crippen MR) is 129 cm³/mol. The van der Waals surface area contributed by atoms with E-state index in [4.69, 9.17) is 14.1 Å². The van der Waals surface area contributed by atoms with Gasteiger partial charge in [-0.25, -0.2) is 4.98 Å². The van der Waals surface area contributed by atoms with Crippen molar-refractivity contribution in [3.05, 3.63) is 50.8 Å². The van der Waals surface area contributed by atoms with E-state index in [2.05, 4.69) is 9.88 Å². The molecule has 0 bridgehead atoms. The van der Waals surface area contributed by atoms with Crippen LogP contribution in [0.1, 0.15) is 67.0 Å². The first kappa shape index (κ1) is 22.8. The summed E-state index contributed by atoms with van der Waals surface area (Å²) in [6.45, 7) is 1.62. The van der Waals surface area contributed by atoms with Crippen LogP contribution in [0.15, 0.2) is 27.6 Å². The maximum absolute atomic E-state index is 13.0. The van der Waals surface area contributed by atoms with Gasteiger partial charge >= 0.3 is 0 Å². The first-order valence-corrected chi connectivity index (χ1v) is 13.0. The Balaban J connectivity index is 1.30. The number of aryl methyl sites for hydroxylation is 2. The van der Waals surface area contributed by atoms with Crippen LogP contribution in [0.25, 0.3) is 10.2 Å². The first-order chi connectivity index (χ1) is 16.2. The number of aliphatic hydroxyl groups is 1. The molecule has 3 aromatic heterocycles. The highest BCUT2D eigenvalue weighted by Gasteiger charge is 2.25. The molecule has 1 fully saturated rings. The van der Waals surface area contributed by atoms with Crippen molar-refractivity contribution < 1.29 is 14.3 Å². The molecular weight excluding hydrogens is 438 g/mol. The lowest BCUT2D eigenvalue weighted by molar-refractivity contribution is -0.00766. The Kier molecular flexibility index (Phi) is 7.25. The van der Waals surface area contributed by atoms with Crippen LogP contribution in [-0.2, 0) is 30.7 Å². The summed E-state index contributed by atoms with van der Waals surface area (Å²) in [5.41, 5.74) is 1.20. The van der Waals surface area contributed by atoms with Crippen molar-refractivity contribution >= 4 is 21.6 Å². The van der Waals surface area contributed by atoms with Crippen molar-refractivity contribution in [2.24, 2.45) is 0 Å². The summed E-state index contributed by atoms with van der Waals surface area (Å²) in [4.78, 5) is 25.4. The Morgan fingerprint density at radius 3 is 2.91 bits per heavy atom. The number of nitrogens with zero attached hydrogens (tertiary/aromatic N) is 2. The third-order valence-corrected chi connectivity index (χ3v) is 8.08. The van der Waals surface area contributed by atoms with Gasteiger partial charge in [0, 0.05) is 17.5 Å². The quantitative estimate of drug-likeness (QED) is 0.487. The lowest BCUT2D eigenvalue weighted by atomic mass is 9.94. The molecule has 2 aliphatic rings. The fraction of sp³-hybridized carbons (Fsp3) is 0.600. The standard InChI is InChI=1S/C25H33N3O4S/c29-18(15-31-16-19-9-6-12-32-19)13-28(17-7-2-1-3-8-17)14-22-26-24(30)23-20-10-4-5-11-21(20)33-25(23)27-22/h6,9,12,17-18,29H,1-5,7-8,10-11,13-16H2,(H,26,27,30)/t18-/m1/s1. The van der Waals surface area contributed by atoms with Gasteiger partial charge in [0.2, 0.25) is 0 Å². The minimum absolute atomic E-state index is 0.0136. The van der Waals surface area contributed by atoms with Gasteiger partial charge in [0.25, 0.3) is 5.56 Å². The Hall–Kier alpha value is -2.00. The van der Waals surface area contributed by atoms with Gasteiger partial charge in [0.15, 0.2) is 0 Å². The Morgan fingerprint density at radius 1 is 1.24 bits per heavy atom. The summed E-state index contributed by atoms with van der Waals surface area (Å²) < 4.78 is 10.9. The highest BCUT2D eigenvalue weighted by molar-refractivity contribution is 7.18. The van der Waals surface area contributed by atoms with Crippen LogP contribution in [-0.4, -0.2) is 45.3 Å². The summed E-state index contributed by atoms with van der Waals surface area (Å²) in [5, 5.41) is 11.5. The molecule has 3 heterocycles. The molecule has 7 nitrogen and oxygen atoms in total. The minimum Gasteiger partial charge on any atom is -0.467 e. The third-order valence-electron chi connectivity index (χ3n) is 6.90. The first-order valence-electron chi connectivity index (χ1n) is 12.2. The zero-order valence-electron chi connectivity index (χ0n) is 19.1. The molecule has 0 aliphatic heterocycles. The van der Waals surface area contributed by atoms with E-state index < -0.39 is 6.10 Å². The number of ether oxygens (including phenoxy) is 1. The van der Waals surface area contributed by atoms with Crippen molar-refractivity contribution in [1.29, 1.82) is 0 Å². The van der Waals surface area contributed by atoms with Gasteiger partial charge in [-0.1, -0.05) is 19.3 Å². The van der Waals surface area contributed by atoms with Gasteiger partial charge in [0.05, 0.1) is 30.9 Å². The van der Waals surface area contributed by atoms with Crippen LogP contribution < -0.4 is 5.56 Å². The smallest absolute Gasteiger partial charge is 0.259 e. The Morgan fingerprint density at radius 2 is 2.09 bits per heavy atom. The number of furan rings is 1. The molecular formula is C25H33N3O4S. The molecule has 2 N–H and O–H groups in total. The van der Waals surface area contributed by atoms with Crippen molar-refractivity contribution in [3.63, 3.8) is 0 Å². The van der Waals surface area contributed by atoms with Crippen LogP contribution in [0, 0.1) is 0 Å². The largest absolute Gasteiger partial charge is 0.467 e. The van der Waals surface area contributed by atoms with E-state index in [1.807, 2.05) is 12.1 Å². The molecule has 0 amide bonds. The fourth-order valence-corrected chi connectivity index (χ4v) is 6.56. The van der Waals surface area contributed by atoms with E-state index in [1.54, 1.807) is 17.6 Å². The number of aliphatic hydroxyl groups excluding tert-OH is 1. The maximum atomic E-state index is 13.0. The lowest BCUT2D eigenvalue weighted by Gasteiger charge is -2.35. The van der Waals surface area contributed by atoms with Crippen molar-refractivity contribution in [2.45, 2.75) is 83.1 Å². The average Bonchev–Trinajstić information content (AvgIpc) is 3.47. The molecule has 0 spiro atoms. The molecule has 0 saturated heterocycles. The maximum Gasteiger partial charge on any atom is 0.259 e. The molecule has 5 rings (SSSR count). The van der Waals surface area contributed by atoms with Gasteiger partial charge < -0.3 is 19.2 Å². The molecule has 1 saturated carbocycles. The number of hydrogen-bond acceptors (Lipinski definition) is 7. The van der Waals surface area contributed by atoms with Crippen LogP contribution in [0.4, 0.5) is 0 Å². The average molecular weight is 472 g/mol. The monoisotopic (exact) mass is 471 g/mol. The zero-order chi connectivity index (χ0) is 22.6. The molecule has 3 aromatic rings. The molecule has 0 unspecified atom stereocenters. The summed E-state index contributed by atoms with van der Waals surface area (Å²) in [5.74, 6) is 1.44. The topological polar surface area (TPSA) is 91.6 Å². The summed E-state index contributed by atoms with van der Waals surface area (Å²) in [6.07, 6.45) is 11.3. The number of aromatic nitrogens is 2. The van der Waals surface area contributed by atoms with Gasteiger partial charge in [-0.15, -0.1) is 11.3 Å². The number of nitrogens with one attached hydrogen (secondary N) is 1. The molecule has 1 atom stereocenters. The Bertz CT molecular complexity index is 1100. The lowest BCUT2D eigenvalue weighted by Crippen LogP contribution is -2.43. The molecule has 33 heavy (non-hydrogen) atoms. The van der Waals surface area contributed by atoms with Gasteiger partial charge in [-0.3, -0.25) is 9.69 Å². The highest BCUT2D eigenvalue weighted by atomic mass is 32.1. The zero-order valence-corrected chi connectivity index (χ0v) is 19.9. The van der Waals surface area contributed by atoms with E-state index in [0.717, 1.165) is 48.1 Å². The second kappa shape index (κ2) is 10.5. The van der Waals surface area contributed by atoms with Crippen LogP contribution in [0.2, 0.25) is 0 Å². The van der Waals surface area contributed by atoms with Crippen molar-refractivity contribution in [1.82, 2.24) is 14.9 Å². The number of rotatable bonds is 9. The third kappa shape index (κ3) is 5.40. The molecule has 178 valence electrons. The van der Waals surface area contributed by atoms with Gasteiger partial charge in [-0.2, -0.15) is 0 Å². The number of H-pyrrole nitrogens is 1. The second-order valence-electron chi connectivity index (χ2n) is 9.37. The highest BCUT2D eigenvalue weighted by Crippen LogP contribution is 2.33. The van der Waals surface area contributed by atoms with E-state index >= 15 is 0 Å². The number of thiophene rings is 1. The summed E-state index contributed by atoms with van der Waals surface area (Å²) >= 11 is 1.69. The van der Waals surface area contributed by atoms with Gasteiger partial charge in [-0.05, 0) is 56.2 Å². The van der Waals surface area contributed by atoms with Gasteiger partial charge in [0.1, 0.15) is 23.0 Å².